The minimum absolute atomic E-state index is 0.0815. The van der Waals surface area contributed by atoms with Gasteiger partial charge in [0.15, 0.2) is 11.5 Å². The lowest BCUT2D eigenvalue weighted by molar-refractivity contribution is -0.114. The lowest BCUT2D eigenvalue weighted by Crippen LogP contribution is -2.30. The van der Waals surface area contributed by atoms with Gasteiger partial charge < -0.3 is 14.9 Å². The Labute approximate surface area is 149 Å². The van der Waals surface area contributed by atoms with Crippen LogP contribution in [0.4, 0.5) is 0 Å². The van der Waals surface area contributed by atoms with Crippen LogP contribution in [-0.2, 0) is 14.8 Å². The molecule has 0 unspecified atom stereocenters. The van der Waals surface area contributed by atoms with Gasteiger partial charge in [-0.25, -0.2) is 17.9 Å². The molecular formula is C17H15NO7S. The standard InChI is InChI=1S/C17H15NO7S/c1-25-14-10-11(6-8-13(14)19)7-9-16(20)18-26(23,24)15-5-3-2-4-12(15)17(21)22/h2-10,19H,1H3,(H,18,20)(H,21,22)/b9-7+. The second kappa shape index (κ2) is 7.70. The number of carbonyl (C=O) groups is 2. The summed E-state index contributed by atoms with van der Waals surface area (Å²) < 4.78 is 31.2. The number of ether oxygens (including phenoxy) is 1. The molecule has 2 aromatic carbocycles. The van der Waals surface area contributed by atoms with Crippen LogP contribution in [0.3, 0.4) is 0 Å². The third-order valence-corrected chi connectivity index (χ3v) is 4.68. The maximum Gasteiger partial charge on any atom is 0.337 e. The third kappa shape index (κ3) is 4.39. The number of carboxylic acids is 1. The van der Waals surface area contributed by atoms with E-state index in [2.05, 4.69) is 0 Å². The molecule has 0 spiro atoms. The van der Waals surface area contributed by atoms with Gasteiger partial charge >= 0.3 is 5.97 Å². The molecule has 0 aliphatic rings. The molecule has 26 heavy (non-hydrogen) atoms. The molecule has 0 saturated heterocycles. The fraction of sp³-hybridized carbons (Fsp3) is 0.0588. The number of aromatic carboxylic acids is 1. The van der Waals surface area contributed by atoms with Crippen LogP contribution >= 0.6 is 0 Å². The van der Waals surface area contributed by atoms with Crippen molar-refractivity contribution in [2.45, 2.75) is 4.90 Å². The van der Waals surface area contributed by atoms with Crippen LogP contribution in [0.1, 0.15) is 15.9 Å². The Morgan fingerprint density at radius 2 is 1.85 bits per heavy atom. The smallest absolute Gasteiger partial charge is 0.337 e. The predicted molar refractivity (Wildman–Crippen MR) is 92.4 cm³/mol. The Hall–Kier alpha value is -3.33. The van der Waals surface area contributed by atoms with Crippen LogP contribution in [0, 0.1) is 0 Å². The van der Waals surface area contributed by atoms with E-state index >= 15 is 0 Å². The Kier molecular flexibility index (Phi) is 5.63. The summed E-state index contributed by atoms with van der Waals surface area (Å²) in [4.78, 5) is 22.5. The summed E-state index contributed by atoms with van der Waals surface area (Å²) in [5.74, 6) is -2.28. The first-order chi connectivity index (χ1) is 12.2. The maximum atomic E-state index is 12.2. The van der Waals surface area contributed by atoms with E-state index in [0.29, 0.717) is 5.56 Å². The Balaban J connectivity index is 2.20. The van der Waals surface area contributed by atoms with Gasteiger partial charge in [0.2, 0.25) is 0 Å². The number of sulfonamides is 1. The van der Waals surface area contributed by atoms with Crippen LogP contribution in [0.25, 0.3) is 6.08 Å². The van der Waals surface area contributed by atoms with Gasteiger partial charge in [-0.15, -0.1) is 0 Å². The fourth-order valence-corrected chi connectivity index (χ4v) is 3.21. The number of phenolic OH excluding ortho intramolecular Hbond substituents is 1. The minimum atomic E-state index is -4.36. The molecule has 3 N–H and O–H groups in total. The van der Waals surface area contributed by atoms with Gasteiger partial charge in [-0.1, -0.05) is 18.2 Å². The fourth-order valence-electron chi connectivity index (χ4n) is 2.07. The average molecular weight is 377 g/mol. The molecular weight excluding hydrogens is 362 g/mol. The van der Waals surface area contributed by atoms with Crippen molar-refractivity contribution in [3.63, 3.8) is 0 Å². The summed E-state index contributed by atoms with van der Waals surface area (Å²) in [6, 6.07) is 9.25. The van der Waals surface area contributed by atoms with E-state index in [4.69, 9.17) is 9.84 Å². The number of nitrogens with one attached hydrogen (secondary N) is 1. The average Bonchev–Trinajstić information content (AvgIpc) is 2.60. The number of carbonyl (C=O) groups excluding carboxylic acids is 1. The summed E-state index contributed by atoms with van der Waals surface area (Å²) in [7, 11) is -2.99. The number of hydrogen-bond donors (Lipinski definition) is 3. The molecule has 9 heteroatoms. The molecule has 8 nitrogen and oxygen atoms in total. The van der Waals surface area contributed by atoms with E-state index in [1.54, 1.807) is 4.72 Å². The van der Waals surface area contributed by atoms with Gasteiger partial charge in [0.25, 0.3) is 15.9 Å². The molecule has 2 aromatic rings. The van der Waals surface area contributed by atoms with Crippen molar-refractivity contribution in [2.75, 3.05) is 7.11 Å². The first-order valence-corrected chi connectivity index (χ1v) is 8.67. The maximum absolute atomic E-state index is 12.2. The number of methoxy groups -OCH3 is 1. The topological polar surface area (TPSA) is 130 Å². The van der Waals surface area contributed by atoms with Gasteiger partial charge in [0, 0.05) is 6.08 Å². The van der Waals surface area contributed by atoms with Gasteiger partial charge in [0.05, 0.1) is 12.7 Å². The quantitative estimate of drug-likeness (QED) is 0.652. The number of hydrogen-bond acceptors (Lipinski definition) is 6. The predicted octanol–water partition coefficient (Wildman–Crippen LogP) is 1.62. The van der Waals surface area contributed by atoms with Crippen molar-refractivity contribution >= 4 is 28.0 Å². The van der Waals surface area contributed by atoms with E-state index in [9.17, 15) is 23.1 Å². The molecule has 0 aliphatic carbocycles. The van der Waals surface area contributed by atoms with Crippen molar-refractivity contribution in [2.24, 2.45) is 0 Å². The number of carboxylic acid groups (broad SMARTS) is 1. The van der Waals surface area contributed by atoms with E-state index in [1.807, 2.05) is 0 Å². The minimum Gasteiger partial charge on any atom is -0.504 e. The highest BCUT2D eigenvalue weighted by molar-refractivity contribution is 7.90. The van der Waals surface area contributed by atoms with Crippen LogP contribution in [0.5, 0.6) is 11.5 Å². The molecule has 0 radical (unpaired) electrons. The van der Waals surface area contributed by atoms with Crippen LogP contribution in [-0.4, -0.2) is 37.6 Å². The van der Waals surface area contributed by atoms with E-state index in [-0.39, 0.29) is 11.5 Å². The second-order valence-electron chi connectivity index (χ2n) is 5.04. The van der Waals surface area contributed by atoms with Crippen molar-refractivity contribution in [3.8, 4) is 11.5 Å². The van der Waals surface area contributed by atoms with Crippen LogP contribution < -0.4 is 9.46 Å². The summed E-state index contributed by atoms with van der Waals surface area (Å²) in [6.07, 6.45) is 2.28. The Morgan fingerprint density at radius 1 is 1.15 bits per heavy atom. The highest BCUT2D eigenvalue weighted by Gasteiger charge is 2.23. The Morgan fingerprint density at radius 3 is 2.50 bits per heavy atom. The van der Waals surface area contributed by atoms with Gasteiger partial charge in [-0.05, 0) is 35.9 Å². The highest BCUT2D eigenvalue weighted by Crippen LogP contribution is 2.26. The monoisotopic (exact) mass is 377 g/mol. The molecule has 2 rings (SSSR count). The number of aromatic hydroxyl groups is 1. The Bertz CT molecular complexity index is 980. The zero-order valence-electron chi connectivity index (χ0n) is 13.5. The normalized spacial score (nSPS) is 11.3. The number of benzene rings is 2. The lowest BCUT2D eigenvalue weighted by Gasteiger charge is -2.07. The molecule has 0 fully saturated rings. The van der Waals surface area contributed by atoms with Crippen LogP contribution in [0.15, 0.2) is 53.4 Å². The first-order valence-electron chi connectivity index (χ1n) is 7.19. The van der Waals surface area contributed by atoms with Gasteiger partial charge in [0.1, 0.15) is 4.90 Å². The zero-order chi connectivity index (χ0) is 19.3. The first kappa shape index (κ1) is 19.0. The van der Waals surface area contributed by atoms with E-state index in [0.717, 1.165) is 18.2 Å². The second-order valence-corrected chi connectivity index (χ2v) is 6.69. The van der Waals surface area contributed by atoms with Crippen LogP contribution in [0.2, 0.25) is 0 Å². The molecule has 0 heterocycles. The molecule has 1 amide bonds. The van der Waals surface area contributed by atoms with Crippen molar-refractivity contribution < 1.29 is 33.0 Å². The molecule has 136 valence electrons. The van der Waals surface area contributed by atoms with Crippen molar-refractivity contribution in [1.82, 2.24) is 4.72 Å². The highest BCUT2D eigenvalue weighted by atomic mass is 32.2. The number of rotatable bonds is 6. The van der Waals surface area contributed by atoms with Crippen molar-refractivity contribution in [3.05, 3.63) is 59.7 Å². The molecule has 0 bridgehead atoms. The SMILES string of the molecule is COc1cc(/C=C/C(=O)NS(=O)(=O)c2ccccc2C(=O)O)ccc1O. The summed E-state index contributed by atoms with van der Waals surface area (Å²) in [5.41, 5.74) is 0.0400. The largest absolute Gasteiger partial charge is 0.504 e. The lowest BCUT2D eigenvalue weighted by atomic mass is 10.2. The summed E-state index contributed by atoms with van der Waals surface area (Å²) in [5, 5.41) is 18.6. The van der Waals surface area contributed by atoms with Gasteiger partial charge in [-0.3, -0.25) is 4.79 Å². The molecule has 0 saturated carbocycles. The summed E-state index contributed by atoms with van der Waals surface area (Å²) >= 11 is 0. The molecule has 0 atom stereocenters. The third-order valence-electron chi connectivity index (χ3n) is 3.27. The van der Waals surface area contributed by atoms with E-state index in [1.165, 1.54) is 43.5 Å². The van der Waals surface area contributed by atoms with Gasteiger partial charge in [-0.2, -0.15) is 0 Å². The molecule has 0 aromatic heterocycles. The van der Waals surface area contributed by atoms with Crippen molar-refractivity contribution in [1.29, 1.82) is 0 Å². The number of phenols is 1. The summed E-state index contributed by atoms with van der Waals surface area (Å²) in [6.45, 7) is 0. The number of amides is 1. The van der Waals surface area contributed by atoms with E-state index < -0.39 is 32.4 Å². The molecule has 0 aliphatic heterocycles. The zero-order valence-corrected chi connectivity index (χ0v) is 14.4.